The van der Waals surface area contributed by atoms with Gasteiger partial charge in [0, 0.05) is 85.3 Å². The fourth-order valence-electron chi connectivity index (χ4n) is 12.2. The predicted molar refractivity (Wildman–Crippen MR) is 281 cm³/mol. The highest BCUT2D eigenvalue weighted by Crippen LogP contribution is 2.42. The molecule has 86 heavy (non-hydrogen) atoms. The van der Waals surface area contributed by atoms with Crippen LogP contribution in [0.3, 0.4) is 0 Å². The zero-order chi connectivity index (χ0) is 62.9. The number of aliphatic hydroxyl groups is 4. The third-order valence-corrected chi connectivity index (χ3v) is 17.3. The minimum Gasteiger partial charge on any atom is -0.394 e. The van der Waals surface area contributed by atoms with Crippen LogP contribution in [0, 0.1) is 0 Å². The van der Waals surface area contributed by atoms with Crippen molar-refractivity contribution in [2.45, 2.75) is 184 Å². The van der Waals surface area contributed by atoms with Gasteiger partial charge in [-0.3, -0.25) is 8.37 Å². The van der Waals surface area contributed by atoms with E-state index in [1.807, 2.05) is 0 Å². The van der Waals surface area contributed by atoms with Crippen molar-refractivity contribution in [3.63, 3.8) is 0 Å². The number of aliphatic hydroxyl groups excluding tert-OH is 4. The van der Waals surface area contributed by atoms with E-state index in [2.05, 4.69) is 0 Å². The molecule has 0 unspecified atom stereocenters. The van der Waals surface area contributed by atoms with E-state index in [1.165, 1.54) is 85.3 Å². The number of rotatable bonds is 22. The van der Waals surface area contributed by atoms with Crippen molar-refractivity contribution in [3.05, 3.63) is 0 Å². The Balaban J connectivity index is 1.35. The van der Waals surface area contributed by atoms with Crippen molar-refractivity contribution in [1.82, 2.24) is 0 Å². The van der Waals surface area contributed by atoms with Crippen LogP contribution in [0.25, 0.3) is 0 Å². The molecule has 0 spiro atoms. The van der Waals surface area contributed by atoms with Gasteiger partial charge in [-0.25, -0.2) is 0 Å². The molecule has 22 aliphatic rings. The molecule has 30 atom stereocenters. The van der Waals surface area contributed by atoms with E-state index >= 15 is 0 Å². The topological polar surface area (TPSA) is 389 Å². The molecule has 12 bridgehead atoms. The van der Waals surface area contributed by atoms with Gasteiger partial charge < -0.3 is 134 Å². The highest BCUT2D eigenvalue weighted by atomic mass is 32.2. The second kappa shape index (κ2) is 32.5. The van der Waals surface area contributed by atoms with Gasteiger partial charge in [-0.2, -0.15) is 16.8 Å². The van der Waals surface area contributed by atoms with Crippen molar-refractivity contribution in [2.24, 2.45) is 0 Å². The molecule has 36 heteroatoms. The lowest BCUT2D eigenvalue weighted by Gasteiger charge is -2.53. The first-order valence-corrected chi connectivity index (χ1v) is 31.1. The van der Waals surface area contributed by atoms with E-state index in [0.717, 1.165) is 12.5 Å². The standard InChI is InChI=1S/C50H88O34S2/c1-59-33-27-21(15-51)75-47(41(33)67-9)83-31-25(19-71-85(13,55)56)77-49(43(69-11)37(31)63-5)82-30-24(18-54)74-46(40(66-8)36(30)62-4)80-28-22(16-52)76-48(42(68-10)34(28)60-2)84-32-26(20-72-86(14,57)58)78-50(44(70-12)38(32)64-6)81-29-23(17-53)73-45(79-27)39(65-7)35(29)61-3/h21-54H,15-20H2,1-14H3/t21-,22-,23-,24-,25-,26-,27-,28-,29-,30-,31-,32-,33+,34+,35+,36+,37+,38+,39-,40-,41-,42-,43-,44-,45-,46-,47-,48-,49-,50-/m1/s1. The molecular weight excluding hydrogens is 1210 g/mol. The first-order valence-electron chi connectivity index (χ1n) is 27.5. The SMILES string of the molecule is CO[C@@H]1[C@@H](OC)[C@H]2O[C@H]3[C@H](OC)[C@@H](OC)[C@@H](O[C@H]4[C@H](OC)[C@@H](OC)[C@@H](O[C@H]5[C@H](OC)[C@@H](OC)[C@@H](O[C@H]6[C@H](OC)[C@@H](OC)[C@@H](O[C@H]7[C@H](OC)[C@@H](OC)[C@@H](O[C@@H]1[C@@H](CO)O2)O[C@@H]7CO)O[C@@H]6COS(C)(=O)=O)O[C@@H]5CO)O[C@@H]4CO)O[C@@H]3COS(C)(=O)=O. The van der Waals surface area contributed by atoms with Gasteiger partial charge in [0.1, 0.15) is 146 Å². The van der Waals surface area contributed by atoms with Crippen molar-refractivity contribution >= 4 is 20.2 Å². The Kier molecular flexibility index (Phi) is 27.3. The minimum absolute atomic E-state index is 0.702. The minimum atomic E-state index is -4.17. The summed E-state index contributed by atoms with van der Waals surface area (Å²) in [5, 5.41) is 44.3. The fraction of sp³-hybridized carbons (Fsp3) is 1.00. The van der Waals surface area contributed by atoms with Gasteiger partial charge in [-0.15, -0.1) is 0 Å². The Labute approximate surface area is 499 Å². The molecule has 0 saturated carbocycles. The number of hydrogen-bond donors (Lipinski definition) is 4. The summed E-state index contributed by atoms with van der Waals surface area (Å²) in [7, 11) is 7.62. The summed E-state index contributed by atoms with van der Waals surface area (Å²) in [4.78, 5) is 0. The average molecular weight is 1300 g/mol. The fourth-order valence-corrected chi connectivity index (χ4v) is 12.9. The second-order valence-corrected chi connectivity index (χ2v) is 24.3. The molecule has 504 valence electrons. The lowest BCUT2D eigenvalue weighted by molar-refractivity contribution is -0.409. The Bertz CT molecular complexity index is 2090. The molecule has 0 aromatic heterocycles. The molecule has 22 aliphatic heterocycles. The Morgan fingerprint density at radius 3 is 0.547 bits per heavy atom. The van der Waals surface area contributed by atoms with Gasteiger partial charge in [0.05, 0.1) is 52.2 Å². The van der Waals surface area contributed by atoms with Gasteiger partial charge in [0.2, 0.25) is 0 Å². The van der Waals surface area contributed by atoms with Gasteiger partial charge in [-0.1, -0.05) is 0 Å². The Morgan fingerprint density at radius 1 is 0.256 bits per heavy atom. The molecule has 0 aromatic carbocycles. The van der Waals surface area contributed by atoms with Crippen molar-refractivity contribution in [2.75, 3.05) is 137 Å². The van der Waals surface area contributed by atoms with E-state index in [0.29, 0.717) is 0 Å². The van der Waals surface area contributed by atoms with Gasteiger partial charge in [0.25, 0.3) is 20.2 Å². The van der Waals surface area contributed by atoms with Crippen molar-refractivity contribution < 1.29 is 159 Å². The lowest BCUT2D eigenvalue weighted by Crippen LogP contribution is -2.70. The zero-order valence-electron chi connectivity index (χ0n) is 50.4. The summed E-state index contributed by atoms with van der Waals surface area (Å²) in [5.74, 6) is 0. The smallest absolute Gasteiger partial charge is 0.264 e. The molecule has 0 radical (unpaired) electrons. The molecule has 0 aromatic rings. The van der Waals surface area contributed by atoms with Crippen LogP contribution >= 0.6 is 0 Å². The number of hydrogen-bond acceptors (Lipinski definition) is 34. The summed E-state index contributed by atoms with van der Waals surface area (Å²) in [5.41, 5.74) is 0. The van der Waals surface area contributed by atoms with Crippen LogP contribution in [-0.4, -0.2) is 359 Å². The van der Waals surface area contributed by atoms with E-state index < -0.39 is 244 Å². The maximum absolute atomic E-state index is 12.7. The monoisotopic (exact) mass is 1300 g/mol. The third-order valence-electron chi connectivity index (χ3n) is 16.2. The predicted octanol–water partition coefficient (Wildman–Crippen LogP) is -5.24. The van der Waals surface area contributed by atoms with Crippen LogP contribution in [0.2, 0.25) is 0 Å². The molecule has 22 rings (SSSR count). The van der Waals surface area contributed by atoms with Crippen LogP contribution in [0.4, 0.5) is 0 Å². The van der Waals surface area contributed by atoms with Crippen LogP contribution in [-0.2, 0) is 142 Å². The molecule has 22 heterocycles. The normalized spacial score (nSPS) is 45.7. The summed E-state index contributed by atoms with van der Waals surface area (Å²) in [6.07, 6.45) is -38.2. The average Bonchev–Trinajstić information content (AvgIpc) is 0.862. The van der Waals surface area contributed by atoms with Gasteiger partial charge in [-0.05, 0) is 0 Å². The van der Waals surface area contributed by atoms with E-state index in [9.17, 15) is 37.3 Å². The van der Waals surface area contributed by atoms with Gasteiger partial charge in [0.15, 0.2) is 37.7 Å². The van der Waals surface area contributed by atoms with E-state index in [4.69, 9.17) is 122 Å². The molecule has 0 amide bonds. The van der Waals surface area contributed by atoms with Crippen molar-refractivity contribution in [3.8, 4) is 0 Å². The molecule has 22 saturated heterocycles. The van der Waals surface area contributed by atoms with E-state index in [-0.39, 0.29) is 0 Å². The van der Waals surface area contributed by atoms with E-state index in [1.54, 1.807) is 0 Å². The third kappa shape index (κ3) is 15.8. The largest absolute Gasteiger partial charge is 0.394 e. The highest BCUT2D eigenvalue weighted by molar-refractivity contribution is 7.86. The Hall–Kier alpha value is -1.30. The van der Waals surface area contributed by atoms with Crippen molar-refractivity contribution in [1.29, 1.82) is 0 Å². The molecule has 34 nitrogen and oxygen atoms in total. The summed E-state index contributed by atoms with van der Waals surface area (Å²) in [6.45, 7) is -4.38. The summed E-state index contributed by atoms with van der Waals surface area (Å²) in [6, 6.07) is 0. The van der Waals surface area contributed by atoms with Crippen LogP contribution < -0.4 is 0 Å². The quantitative estimate of drug-likeness (QED) is 0.0736. The molecule has 22 fully saturated rings. The highest BCUT2D eigenvalue weighted by Gasteiger charge is 2.61. The van der Waals surface area contributed by atoms with Crippen LogP contribution in [0.5, 0.6) is 0 Å². The first kappa shape index (κ1) is 72.1. The number of ether oxygens (including phenoxy) is 24. The maximum Gasteiger partial charge on any atom is 0.264 e. The lowest BCUT2D eigenvalue weighted by atomic mass is 9.94. The second-order valence-electron chi connectivity index (χ2n) is 21.0. The zero-order valence-corrected chi connectivity index (χ0v) is 52.0. The number of methoxy groups -OCH3 is 12. The van der Waals surface area contributed by atoms with Gasteiger partial charge >= 0.3 is 0 Å². The summed E-state index contributed by atoms with van der Waals surface area (Å²) < 4.78 is 212. The van der Waals surface area contributed by atoms with Crippen LogP contribution in [0.1, 0.15) is 0 Å². The van der Waals surface area contributed by atoms with Crippen LogP contribution in [0.15, 0.2) is 0 Å². The molecule has 4 N–H and O–H groups in total. The Morgan fingerprint density at radius 2 is 0.407 bits per heavy atom. The molecular formula is C50H88O34S2. The summed E-state index contributed by atoms with van der Waals surface area (Å²) >= 11 is 0. The first-order chi connectivity index (χ1) is 41.2. The molecule has 0 aliphatic carbocycles. The maximum atomic E-state index is 12.7.